The smallest absolute Gasteiger partial charge is 0.262 e. The number of nitriles is 1. The third-order valence-corrected chi connectivity index (χ3v) is 5.80. The van der Waals surface area contributed by atoms with E-state index in [1.807, 2.05) is 19.1 Å². The highest BCUT2D eigenvalue weighted by Gasteiger charge is 2.12. The number of carbonyl (C=O) groups excluding carboxylic acids is 1. The van der Waals surface area contributed by atoms with E-state index in [4.69, 9.17) is 25.8 Å². The lowest BCUT2D eigenvalue weighted by Crippen LogP contribution is -2.20. The molecule has 3 aromatic rings. The van der Waals surface area contributed by atoms with Gasteiger partial charge in [0.05, 0.1) is 25.9 Å². The van der Waals surface area contributed by atoms with Crippen molar-refractivity contribution in [2.24, 2.45) is 0 Å². The third kappa shape index (κ3) is 6.31. The zero-order chi connectivity index (χ0) is 24.7. The lowest BCUT2D eigenvalue weighted by atomic mass is 10.0. The average Bonchev–Trinajstić information content (AvgIpc) is 2.83. The molecule has 0 aliphatic heterocycles. The molecule has 0 saturated heterocycles. The molecule has 174 valence electrons. The summed E-state index contributed by atoms with van der Waals surface area (Å²) in [6.45, 7) is 1.67. The molecule has 3 aromatic carbocycles. The first kappa shape index (κ1) is 25.2. The molecule has 0 aliphatic carbocycles. The van der Waals surface area contributed by atoms with E-state index in [1.54, 1.807) is 55.7 Å². The number of anilines is 1. The van der Waals surface area contributed by atoms with Crippen LogP contribution in [0.1, 0.15) is 16.7 Å². The lowest BCUT2D eigenvalue weighted by molar-refractivity contribution is -0.118. The number of hydrogen-bond acceptors (Lipinski definition) is 5. The molecule has 6 nitrogen and oxygen atoms in total. The molecule has 0 spiro atoms. The number of carbonyl (C=O) groups is 1. The van der Waals surface area contributed by atoms with Gasteiger partial charge in [-0.1, -0.05) is 33.6 Å². The fraction of sp³-hybridized carbons (Fsp3) is 0.154. The van der Waals surface area contributed by atoms with Crippen molar-refractivity contribution in [3.05, 3.63) is 80.8 Å². The van der Waals surface area contributed by atoms with Gasteiger partial charge in [0.15, 0.2) is 18.1 Å². The summed E-state index contributed by atoms with van der Waals surface area (Å²) in [5.74, 6) is 1.20. The van der Waals surface area contributed by atoms with Gasteiger partial charge in [0.25, 0.3) is 5.91 Å². The Balaban J connectivity index is 1.82. The van der Waals surface area contributed by atoms with Crippen molar-refractivity contribution in [3.63, 3.8) is 0 Å². The summed E-state index contributed by atoms with van der Waals surface area (Å²) in [6.07, 6.45) is 1.69. The first-order chi connectivity index (χ1) is 16.3. The summed E-state index contributed by atoms with van der Waals surface area (Å²) in [7, 11) is 3.08. The standard InChI is InChI=1S/C26H22BrClN2O4/c1-16-4-7-21(13-22(16)28)30-26(31)15-34-23-9-6-20(27)11-18(23)10-19(14-29)17-5-8-24(32-2)25(12-17)33-3/h4-13H,15H2,1-3H3,(H,30,31)/b19-10+. The second-order valence-corrected chi connectivity index (χ2v) is 8.55. The number of benzene rings is 3. The molecule has 8 heteroatoms. The molecular formula is C26H22BrClN2O4. The van der Waals surface area contributed by atoms with E-state index < -0.39 is 0 Å². The van der Waals surface area contributed by atoms with E-state index in [1.165, 1.54) is 7.11 Å². The van der Waals surface area contributed by atoms with E-state index in [0.29, 0.717) is 44.7 Å². The Bertz CT molecular complexity index is 1280. The Morgan fingerprint density at radius 3 is 2.47 bits per heavy atom. The van der Waals surface area contributed by atoms with Gasteiger partial charge < -0.3 is 19.5 Å². The van der Waals surface area contributed by atoms with Crippen LogP contribution in [0.3, 0.4) is 0 Å². The topological polar surface area (TPSA) is 80.6 Å². The largest absolute Gasteiger partial charge is 0.493 e. The summed E-state index contributed by atoms with van der Waals surface area (Å²) >= 11 is 9.57. The number of halogens is 2. The minimum atomic E-state index is -0.335. The van der Waals surface area contributed by atoms with Crippen molar-refractivity contribution in [2.45, 2.75) is 6.92 Å². The number of nitrogens with one attached hydrogen (secondary N) is 1. The lowest BCUT2D eigenvalue weighted by Gasteiger charge is -2.12. The van der Waals surface area contributed by atoms with Crippen LogP contribution in [0.15, 0.2) is 59.1 Å². The molecular weight excluding hydrogens is 520 g/mol. The third-order valence-electron chi connectivity index (χ3n) is 4.90. The highest BCUT2D eigenvalue weighted by molar-refractivity contribution is 9.10. The SMILES string of the molecule is COc1ccc(/C(C#N)=C/c2cc(Br)ccc2OCC(=O)Nc2ccc(C)c(Cl)c2)cc1OC. The molecule has 0 saturated carbocycles. The van der Waals surface area contributed by atoms with Crippen LogP contribution >= 0.6 is 27.5 Å². The van der Waals surface area contributed by atoms with E-state index in [-0.39, 0.29) is 12.5 Å². The fourth-order valence-electron chi connectivity index (χ4n) is 3.11. The van der Waals surface area contributed by atoms with Crippen molar-refractivity contribution >= 4 is 50.8 Å². The van der Waals surface area contributed by atoms with Crippen molar-refractivity contribution in [3.8, 4) is 23.3 Å². The second kappa shape index (κ2) is 11.6. The average molecular weight is 542 g/mol. The van der Waals surface area contributed by atoms with Gasteiger partial charge >= 0.3 is 0 Å². The van der Waals surface area contributed by atoms with Gasteiger partial charge in [-0.05, 0) is 72.7 Å². The molecule has 1 N–H and O–H groups in total. The summed E-state index contributed by atoms with van der Waals surface area (Å²) < 4.78 is 17.2. The van der Waals surface area contributed by atoms with Crippen molar-refractivity contribution in [1.82, 2.24) is 0 Å². The van der Waals surface area contributed by atoms with Crippen LogP contribution in [0.5, 0.6) is 17.2 Å². The van der Waals surface area contributed by atoms with Gasteiger partial charge in [0.1, 0.15) is 5.75 Å². The van der Waals surface area contributed by atoms with Crippen LogP contribution in [-0.2, 0) is 4.79 Å². The summed E-state index contributed by atoms with van der Waals surface area (Å²) in [4.78, 5) is 12.4. The Hall–Kier alpha value is -3.47. The second-order valence-electron chi connectivity index (χ2n) is 7.22. The van der Waals surface area contributed by atoms with Gasteiger partial charge in [-0.25, -0.2) is 0 Å². The van der Waals surface area contributed by atoms with Crippen LogP contribution in [0.2, 0.25) is 5.02 Å². The van der Waals surface area contributed by atoms with Gasteiger partial charge in [0, 0.05) is 20.7 Å². The Kier molecular flexibility index (Phi) is 8.58. The number of amides is 1. The number of ether oxygens (including phenoxy) is 3. The predicted octanol–water partition coefficient (Wildman–Crippen LogP) is 6.51. The number of allylic oxidation sites excluding steroid dienone is 1. The molecule has 1 amide bonds. The summed E-state index contributed by atoms with van der Waals surface area (Å²) in [5, 5.41) is 13.1. The summed E-state index contributed by atoms with van der Waals surface area (Å²) in [6, 6.07) is 18.1. The van der Waals surface area contributed by atoms with E-state index in [0.717, 1.165) is 10.0 Å². The minimum Gasteiger partial charge on any atom is -0.493 e. The summed E-state index contributed by atoms with van der Waals surface area (Å²) in [5.41, 5.74) is 3.18. The maximum absolute atomic E-state index is 12.4. The number of hydrogen-bond donors (Lipinski definition) is 1. The molecule has 3 rings (SSSR count). The van der Waals surface area contributed by atoms with Crippen LogP contribution in [0.25, 0.3) is 11.6 Å². The molecule has 0 aliphatic rings. The van der Waals surface area contributed by atoms with Crippen LogP contribution in [0.4, 0.5) is 5.69 Å². The zero-order valence-corrected chi connectivity index (χ0v) is 21.2. The van der Waals surface area contributed by atoms with Gasteiger partial charge in [-0.2, -0.15) is 5.26 Å². The predicted molar refractivity (Wildman–Crippen MR) is 137 cm³/mol. The first-order valence-electron chi connectivity index (χ1n) is 10.2. The fourth-order valence-corrected chi connectivity index (χ4v) is 3.67. The molecule has 0 aromatic heterocycles. The van der Waals surface area contributed by atoms with Crippen LogP contribution in [-0.4, -0.2) is 26.7 Å². The molecule has 0 heterocycles. The quantitative estimate of drug-likeness (QED) is 0.260. The number of aryl methyl sites for hydroxylation is 1. The molecule has 0 atom stereocenters. The van der Waals surface area contributed by atoms with E-state index >= 15 is 0 Å². The first-order valence-corrected chi connectivity index (χ1v) is 11.3. The van der Waals surface area contributed by atoms with Crippen LogP contribution < -0.4 is 19.5 Å². The molecule has 0 radical (unpaired) electrons. The monoisotopic (exact) mass is 540 g/mol. The molecule has 0 unspecified atom stereocenters. The van der Waals surface area contributed by atoms with Crippen molar-refractivity contribution in [2.75, 3.05) is 26.1 Å². The zero-order valence-electron chi connectivity index (χ0n) is 18.8. The maximum Gasteiger partial charge on any atom is 0.262 e. The Labute approximate surface area is 211 Å². The van der Waals surface area contributed by atoms with E-state index in [9.17, 15) is 10.1 Å². The number of nitrogens with zero attached hydrogens (tertiary/aromatic N) is 1. The van der Waals surface area contributed by atoms with Crippen molar-refractivity contribution < 1.29 is 19.0 Å². The molecule has 0 fully saturated rings. The van der Waals surface area contributed by atoms with Gasteiger partial charge in [0.2, 0.25) is 0 Å². The maximum atomic E-state index is 12.4. The molecule has 0 bridgehead atoms. The number of methoxy groups -OCH3 is 2. The Morgan fingerprint density at radius 1 is 1.06 bits per heavy atom. The highest BCUT2D eigenvalue weighted by atomic mass is 79.9. The Morgan fingerprint density at radius 2 is 1.79 bits per heavy atom. The van der Waals surface area contributed by atoms with E-state index in [2.05, 4.69) is 27.3 Å². The highest BCUT2D eigenvalue weighted by Crippen LogP contribution is 2.33. The molecule has 34 heavy (non-hydrogen) atoms. The van der Waals surface area contributed by atoms with Gasteiger partial charge in [-0.3, -0.25) is 4.79 Å². The van der Waals surface area contributed by atoms with Gasteiger partial charge in [-0.15, -0.1) is 0 Å². The minimum absolute atomic E-state index is 0.216. The number of rotatable bonds is 8. The van der Waals surface area contributed by atoms with Crippen LogP contribution in [0, 0.1) is 18.3 Å². The van der Waals surface area contributed by atoms with Crippen molar-refractivity contribution in [1.29, 1.82) is 5.26 Å². The normalized spacial score (nSPS) is 10.9.